The maximum Gasteiger partial charge on any atom is 0.389 e. The smallest absolute Gasteiger partial charge is 0.389 e. The average Bonchev–Trinajstić information content (AvgIpc) is 2.22. The molecule has 1 unspecified atom stereocenters. The first-order valence-corrected chi connectivity index (χ1v) is 5.67. The SMILES string of the molecule is CCCC(CCC(F)(F)F)(C(=O)O)C(=O)OCC. The molecule has 0 rings (SSSR count). The monoisotopic (exact) mass is 270 g/mol. The summed E-state index contributed by atoms with van der Waals surface area (Å²) in [6, 6.07) is 0. The quantitative estimate of drug-likeness (QED) is 0.570. The largest absolute Gasteiger partial charge is 0.480 e. The van der Waals surface area contributed by atoms with Crippen molar-refractivity contribution in [3.8, 4) is 0 Å². The summed E-state index contributed by atoms with van der Waals surface area (Å²) < 4.78 is 41.2. The van der Waals surface area contributed by atoms with Gasteiger partial charge in [0.2, 0.25) is 0 Å². The fourth-order valence-corrected chi connectivity index (χ4v) is 1.68. The molecule has 0 aliphatic rings. The van der Waals surface area contributed by atoms with E-state index in [0.29, 0.717) is 0 Å². The highest BCUT2D eigenvalue weighted by Crippen LogP contribution is 2.36. The number of rotatable bonds is 7. The Hall–Kier alpha value is -1.27. The number of halogens is 3. The van der Waals surface area contributed by atoms with Crippen molar-refractivity contribution >= 4 is 11.9 Å². The lowest BCUT2D eigenvalue weighted by atomic mass is 9.79. The van der Waals surface area contributed by atoms with E-state index < -0.39 is 36.4 Å². The summed E-state index contributed by atoms with van der Waals surface area (Å²) in [5, 5.41) is 9.08. The van der Waals surface area contributed by atoms with Gasteiger partial charge in [-0.25, -0.2) is 0 Å². The van der Waals surface area contributed by atoms with Crippen molar-refractivity contribution in [2.75, 3.05) is 6.61 Å². The molecule has 1 atom stereocenters. The van der Waals surface area contributed by atoms with E-state index in [2.05, 4.69) is 4.74 Å². The van der Waals surface area contributed by atoms with Gasteiger partial charge in [0.05, 0.1) is 6.61 Å². The Morgan fingerprint density at radius 3 is 2.00 bits per heavy atom. The molecular formula is C11H17F3O4. The fourth-order valence-electron chi connectivity index (χ4n) is 1.68. The molecule has 0 spiro atoms. The highest BCUT2D eigenvalue weighted by Gasteiger charge is 2.48. The molecule has 0 heterocycles. The van der Waals surface area contributed by atoms with Crippen molar-refractivity contribution in [2.45, 2.75) is 45.7 Å². The first kappa shape index (κ1) is 16.7. The van der Waals surface area contributed by atoms with Crippen LogP contribution in [-0.2, 0) is 14.3 Å². The van der Waals surface area contributed by atoms with Gasteiger partial charge in [-0.2, -0.15) is 13.2 Å². The number of carbonyl (C=O) groups is 2. The van der Waals surface area contributed by atoms with Crippen LogP contribution in [0.2, 0.25) is 0 Å². The summed E-state index contributed by atoms with van der Waals surface area (Å²) in [5.41, 5.74) is -2.10. The zero-order valence-electron chi connectivity index (χ0n) is 10.3. The lowest BCUT2D eigenvalue weighted by Crippen LogP contribution is -2.41. The molecule has 0 saturated carbocycles. The third-order valence-corrected chi connectivity index (χ3v) is 2.59. The number of carboxylic acid groups (broad SMARTS) is 1. The van der Waals surface area contributed by atoms with E-state index in [1.807, 2.05) is 0 Å². The van der Waals surface area contributed by atoms with E-state index in [1.54, 1.807) is 6.92 Å². The minimum atomic E-state index is -4.50. The second kappa shape index (κ2) is 6.61. The summed E-state index contributed by atoms with van der Waals surface area (Å²) >= 11 is 0. The highest BCUT2D eigenvalue weighted by molar-refractivity contribution is 5.99. The van der Waals surface area contributed by atoms with E-state index >= 15 is 0 Å². The first-order chi connectivity index (χ1) is 8.19. The number of aliphatic carboxylic acids is 1. The van der Waals surface area contributed by atoms with Gasteiger partial charge in [-0.3, -0.25) is 9.59 Å². The molecule has 0 aromatic carbocycles. The van der Waals surface area contributed by atoms with Gasteiger partial charge in [0.25, 0.3) is 0 Å². The number of hydrogen-bond donors (Lipinski definition) is 1. The predicted molar refractivity (Wildman–Crippen MR) is 56.9 cm³/mol. The number of hydrogen-bond acceptors (Lipinski definition) is 3. The number of esters is 1. The summed E-state index contributed by atoms with van der Waals surface area (Å²) in [6.07, 6.45) is -6.50. The standard InChI is InChI=1S/C11H17F3O4/c1-3-5-10(8(15)16,9(17)18-4-2)6-7-11(12,13)14/h3-7H2,1-2H3,(H,15,16). The van der Waals surface area contributed by atoms with Crippen molar-refractivity contribution in [3.05, 3.63) is 0 Å². The molecule has 0 fully saturated rings. The van der Waals surface area contributed by atoms with Crippen molar-refractivity contribution < 1.29 is 32.6 Å². The van der Waals surface area contributed by atoms with Crippen LogP contribution >= 0.6 is 0 Å². The molecule has 0 aromatic heterocycles. The number of ether oxygens (including phenoxy) is 1. The molecule has 0 radical (unpaired) electrons. The van der Waals surface area contributed by atoms with Crippen LogP contribution in [-0.4, -0.2) is 29.8 Å². The minimum Gasteiger partial charge on any atom is -0.480 e. The van der Waals surface area contributed by atoms with Crippen molar-refractivity contribution in [1.29, 1.82) is 0 Å². The van der Waals surface area contributed by atoms with Gasteiger partial charge in [0.15, 0.2) is 5.41 Å². The van der Waals surface area contributed by atoms with E-state index in [1.165, 1.54) is 6.92 Å². The van der Waals surface area contributed by atoms with Gasteiger partial charge < -0.3 is 9.84 Å². The van der Waals surface area contributed by atoms with Crippen LogP contribution in [0.1, 0.15) is 39.5 Å². The summed E-state index contributed by atoms with van der Waals surface area (Å²) in [7, 11) is 0. The van der Waals surface area contributed by atoms with Crippen LogP contribution in [0.5, 0.6) is 0 Å². The fraction of sp³-hybridized carbons (Fsp3) is 0.818. The number of carbonyl (C=O) groups excluding carboxylic acids is 1. The van der Waals surface area contributed by atoms with Crippen molar-refractivity contribution in [2.24, 2.45) is 5.41 Å². The van der Waals surface area contributed by atoms with E-state index in [0.717, 1.165) is 0 Å². The Balaban J connectivity index is 5.09. The van der Waals surface area contributed by atoms with Gasteiger partial charge in [-0.05, 0) is 19.8 Å². The van der Waals surface area contributed by atoms with Crippen molar-refractivity contribution in [3.63, 3.8) is 0 Å². The van der Waals surface area contributed by atoms with Crippen LogP contribution in [0, 0.1) is 5.41 Å². The summed E-state index contributed by atoms with van der Waals surface area (Å²) in [4.78, 5) is 22.8. The van der Waals surface area contributed by atoms with Gasteiger partial charge in [0, 0.05) is 6.42 Å². The maximum absolute atomic E-state index is 12.2. The summed E-state index contributed by atoms with van der Waals surface area (Å²) in [6.45, 7) is 3.01. The van der Waals surface area contributed by atoms with E-state index in [-0.39, 0.29) is 19.4 Å². The Morgan fingerprint density at radius 2 is 1.67 bits per heavy atom. The molecule has 0 aliphatic carbocycles. The van der Waals surface area contributed by atoms with Gasteiger partial charge in [-0.1, -0.05) is 13.3 Å². The third-order valence-electron chi connectivity index (χ3n) is 2.59. The predicted octanol–water partition coefficient (Wildman–Crippen LogP) is 2.76. The van der Waals surface area contributed by atoms with Crippen LogP contribution in [0.3, 0.4) is 0 Å². The first-order valence-electron chi connectivity index (χ1n) is 5.67. The molecule has 106 valence electrons. The average molecular weight is 270 g/mol. The van der Waals surface area contributed by atoms with Crippen LogP contribution in [0.25, 0.3) is 0 Å². The Kier molecular flexibility index (Phi) is 6.14. The van der Waals surface area contributed by atoms with Gasteiger partial charge in [0.1, 0.15) is 0 Å². The topological polar surface area (TPSA) is 63.6 Å². The molecule has 0 saturated heterocycles. The van der Waals surface area contributed by atoms with E-state index in [4.69, 9.17) is 5.11 Å². The molecule has 0 amide bonds. The Labute approximate surface area is 103 Å². The molecule has 0 aromatic rings. The lowest BCUT2D eigenvalue weighted by Gasteiger charge is -2.27. The van der Waals surface area contributed by atoms with Crippen LogP contribution in [0.4, 0.5) is 13.2 Å². The molecule has 18 heavy (non-hydrogen) atoms. The molecule has 0 aliphatic heterocycles. The second-order valence-electron chi connectivity index (χ2n) is 3.97. The number of alkyl halides is 3. The Morgan fingerprint density at radius 1 is 1.11 bits per heavy atom. The maximum atomic E-state index is 12.2. The molecule has 4 nitrogen and oxygen atoms in total. The zero-order valence-corrected chi connectivity index (χ0v) is 10.3. The Bertz CT molecular complexity index is 301. The molecule has 1 N–H and O–H groups in total. The highest BCUT2D eigenvalue weighted by atomic mass is 19.4. The molecular weight excluding hydrogens is 253 g/mol. The lowest BCUT2D eigenvalue weighted by molar-refractivity contribution is -0.175. The third kappa shape index (κ3) is 4.54. The minimum absolute atomic E-state index is 0.0659. The van der Waals surface area contributed by atoms with Crippen molar-refractivity contribution in [1.82, 2.24) is 0 Å². The second-order valence-corrected chi connectivity index (χ2v) is 3.97. The van der Waals surface area contributed by atoms with Gasteiger partial charge in [-0.15, -0.1) is 0 Å². The number of carboxylic acids is 1. The normalized spacial score (nSPS) is 14.9. The van der Waals surface area contributed by atoms with Gasteiger partial charge >= 0.3 is 18.1 Å². The molecule has 0 bridgehead atoms. The zero-order chi connectivity index (χ0) is 14.4. The van der Waals surface area contributed by atoms with Crippen LogP contribution in [0.15, 0.2) is 0 Å². The molecule has 7 heteroatoms. The van der Waals surface area contributed by atoms with Crippen LogP contribution < -0.4 is 0 Å². The summed E-state index contributed by atoms with van der Waals surface area (Å²) in [5.74, 6) is -2.66. The van der Waals surface area contributed by atoms with E-state index in [9.17, 15) is 22.8 Å².